The third-order valence-corrected chi connectivity index (χ3v) is 6.45. The number of nitrogens with zero attached hydrogens (tertiary/aromatic N) is 3. The summed E-state index contributed by atoms with van der Waals surface area (Å²) in [6.45, 7) is 2.16. The number of hydrogen-bond acceptors (Lipinski definition) is 7. The second kappa shape index (κ2) is 10.1. The van der Waals surface area contributed by atoms with Crippen molar-refractivity contribution in [1.82, 2.24) is 20.2 Å². The van der Waals surface area contributed by atoms with Crippen molar-refractivity contribution in [2.75, 3.05) is 18.5 Å². The number of anilines is 2. The van der Waals surface area contributed by atoms with Gasteiger partial charge in [-0.25, -0.2) is 23.5 Å². The predicted molar refractivity (Wildman–Crippen MR) is 131 cm³/mol. The zero-order valence-electron chi connectivity index (χ0n) is 20.2. The summed E-state index contributed by atoms with van der Waals surface area (Å²) in [6, 6.07) is 9.05. The smallest absolute Gasteiger partial charge is 0.329 e. The third-order valence-electron chi connectivity index (χ3n) is 6.45. The van der Waals surface area contributed by atoms with Crippen LogP contribution in [0.3, 0.4) is 0 Å². The van der Waals surface area contributed by atoms with Crippen LogP contribution in [-0.4, -0.2) is 63.1 Å². The Morgan fingerprint density at radius 2 is 1.84 bits per heavy atom. The minimum absolute atomic E-state index is 0.0151. The molecule has 12 heteroatoms. The van der Waals surface area contributed by atoms with E-state index in [1.54, 1.807) is 31.2 Å². The maximum Gasteiger partial charge on any atom is 0.329 e. The Bertz CT molecular complexity index is 1410. The highest BCUT2D eigenvalue weighted by molar-refractivity contribution is 6.03. The molecule has 5 rings (SSSR count). The lowest BCUT2D eigenvalue weighted by Gasteiger charge is -2.37. The van der Waals surface area contributed by atoms with E-state index in [1.807, 2.05) is 0 Å². The molecule has 3 aromatic rings. The standard InChI is InChI=1S/C26H23F2N5O5/c1-13-22(26(36)37)33(9-10-38-13)19(34)11-14-5-7-15(8-6-14)30-24-21-18(12-29-25(21)35)31-23(32-24)20-16(27)3-2-4-17(20)28/h2-8,13,22H,9-12H2,1H3,(H,29,35)(H,36,37)(H,30,31,32)/t13-,22?/m0/s1. The van der Waals surface area contributed by atoms with E-state index in [-0.39, 0.29) is 49.2 Å². The molecule has 0 spiro atoms. The molecule has 0 saturated carbocycles. The average molecular weight is 523 g/mol. The van der Waals surface area contributed by atoms with Crippen molar-refractivity contribution in [2.45, 2.75) is 32.0 Å². The quantitative estimate of drug-likeness (QED) is 0.449. The van der Waals surface area contributed by atoms with Crippen LogP contribution in [0.25, 0.3) is 11.4 Å². The number of fused-ring (bicyclic) bond motifs is 1. The molecule has 3 N–H and O–H groups in total. The number of halogens is 2. The summed E-state index contributed by atoms with van der Waals surface area (Å²) in [7, 11) is 0. The lowest BCUT2D eigenvalue weighted by molar-refractivity contribution is -0.164. The SMILES string of the molecule is C[C@@H]1OCCN(C(=O)Cc2ccc(Nc3nc(-c4c(F)cccc4F)nc4c3C(=O)NC4)cc2)C1C(=O)O. The average Bonchev–Trinajstić information content (AvgIpc) is 3.25. The van der Waals surface area contributed by atoms with Crippen LogP contribution in [0.1, 0.15) is 28.5 Å². The Hall–Kier alpha value is -4.45. The first-order chi connectivity index (χ1) is 18.2. The fourth-order valence-electron chi connectivity index (χ4n) is 4.59. The summed E-state index contributed by atoms with van der Waals surface area (Å²) in [5.41, 5.74) is 1.23. The van der Waals surface area contributed by atoms with Crippen molar-refractivity contribution in [1.29, 1.82) is 0 Å². The molecule has 1 aromatic heterocycles. The van der Waals surface area contributed by atoms with Gasteiger partial charge in [0.05, 0.1) is 36.9 Å². The number of carbonyl (C=O) groups is 3. The van der Waals surface area contributed by atoms with Crippen LogP contribution < -0.4 is 10.6 Å². The number of benzene rings is 2. The highest BCUT2D eigenvalue weighted by Gasteiger charge is 2.37. The number of nitrogens with one attached hydrogen (secondary N) is 2. The molecule has 1 fully saturated rings. The Labute approximate surface area is 215 Å². The molecule has 1 saturated heterocycles. The van der Waals surface area contributed by atoms with Gasteiger partial charge < -0.3 is 25.4 Å². The van der Waals surface area contributed by atoms with Gasteiger partial charge in [0.25, 0.3) is 5.91 Å². The molecule has 2 amide bonds. The maximum atomic E-state index is 14.4. The van der Waals surface area contributed by atoms with Gasteiger partial charge in [-0.15, -0.1) is 0 Å². The lowest BCUT2D eigenvalue weighted by Crippen LogP contribution is -2.56. The molecule has 0 aliphatic carbocycles. The van der Waals surface area contributed by atoms with Crippen LogP contribution in [0.2, 0.25) is 0 Å². The van der Waals surface area contributed by atoms with Gasteiger partial charge in [-0.05, 0) is 36.8 Å². The van der Waals surface area contributed by atoms with Gasteiger partial charge in [0.2, 0.25) is 5.91 Å². The molecule has 3 heterocycles. The first-order valence-corrected chi connectivity index (χ1v) is 11.9. The van der Waals surface area contributed by atoms with Crippen LogP contribution in [0, 0.1) is 11.6 Å². The van der Waals surface area contributed by atoms with Gasteiger partial charge in [0.15, 0.2) is 11.9 Å². The Morgan fingerprint density at radius 3 is 2.53 bits per heavy atom. The summed E-state index contributed by atoms with van der Waals surface area (Å²) in [4.78, 5) is 46.7. The number of ether oxygens (including phenoxy) is 1. The fourth-order valence-corrected chi connectivity index (χ4v) is 4.59. The van der Waals surface area contributed by atoms with Crippen molar-refractivity contribution < 1.29 is 33.0 Å². The summed E-state index contributed by atoms with van der Waals surface area (Å²) in [5.74, 6) is -3.66. The molecule has 1 unspecified atom stereocenters. The molecule has 2 aliphatic rings. The summed E-state index contributed by atoms with van der Waals surface area (Å²) >= 11 is 0. The molecule has 196 valence electrons. The Morgan fingerprint density at radius 1 is 1.13 bits per heavy atom. The van der Waals surface area contributed by atoms with Gasteiger partial charge in [-0.1, -0.05) is 18.2 Å². The molecule has 0 bridgehead atoms. The van der Waals surface area contributed by atoms with E-state index in [2.05, 4.69) is 20.6 Å². The minimum Gasteiger partial charge on any atom is -0.480 e. The van der Waals surface area contributed by atoms with E-state index in [0.717, 1.165) is 12.1 Å². The predicted octanol–water partition coefficient (Wildman–Crippen LogP) is 2.65. The molecule has 2 aromatic carbocycles. The van der Waals surface area contributed by atoms with E-state index in [9.17, 15) is 28.3 Å². The normalized spacial score (nSPS) is 18.6. The van der Waals surface area contributed by atoms with Crippen LogP contribution in [0.15, 0.2) is 42.5 Å². The Balaban J connectivity index is 1.38. The molecule has 0 radical (unpaired) electrons. The largest absolute Gasteiger partial charge is 0.480 e. The summed E-state index contributed by atoms with van der Waals surface area (Å²) < 4.78 is 34.2. The van der Waals surface area contributed by atoms with Crippen LogP contribution >= 0.6 is 0 Å². The van der Waals surface area contributed by atoms with E-state index in [1.165, 1.54) is 11.0 Å². The fraction of sp³-hybridized carbons (Fsp3) is 0.269. The number of rotatable bonds is 6. The number of morpholine rings is 1. The number of aliphatic carboxylic acids is 1. The van der Waals surface area contributed by atoms with Crippen LogP contribution in [0.4, 0.5) is 20.3 Å². The second-order valence-electron chi connectivity index (χ2n) is 8.94. The summed E-state index contributed by atoms with van der Waals surface area (Å²) in [5, 5.41) is 15.2. The lowest BCUT2D eigenvalue weighted by atomic mass is 10.1. The zero-order valence-corrected chi connectivity index (χ0v) is 20.2. The van der Waals surface area contributed by atoms with Crippen molar-refractivity contribution in [2.24, 2.45) is 0 Å². The van der Waals surface area contributed by atoms with E-state index in [0.29, 0.717) is 16.9 Å². The molecular weight excluding hydrogens is 500 g/mol. The van der Waals surface area contributed by atoms with E-state index >= 15 is 0 Å². The number of carboxylic acids is 1. The van der Waals surface area contributed by atoms with Crippen molar-refractivity contribution >= 4 is 29.3 Å². The number of hydrogen-bond donors (Lipinski definition) is 3. The Kier molecular flexibility index (Phi) is 6.72. The molecular formula is C26H23F2N5O5. The minimum atomic E-state index is -1.12. The molecule has 2 aliphatic heterocycles. The van der Waals surface area contributed by atoms with Crippen molar-refractivity contribution in [3.8, 4) is 11.4 Å². The second-order valence-corrected chi connectivity index (χ2v) is 8.94. The highest BCUT2D eigenvalue weighted by Crippen LogP contribution is 2.30. The number of aromatic nitrogens is 2. The first-order valence-electron chi connectivity index (χ1n) is 11.9. The molecule has 38 heavy (non-hydrogen) atoms. The van der Waals surface area contributed by atoms with Gasteiger partial charge in [0.1, 0.15) is 23.0 Å². The highest BCUT2D eigenvalue weighted by atomic mass is 19.1. The van der Waals surface area contributed by atoms with Gasteiger partial charge in [0, 0.05) is 12.2 Å². The van der Waals surface area contributed by atoms with Crippen LogP contribution in [-0.2, 0) is 27.3 Å². The van der Waals surface area contributed by atoms with Gasteiger partial charge in [-0.2, -0.15) is 0 Å². The van der Waals surface area contributed by atoms with Crippen molar-refractivity contribution in [3.63, 3.8) is 0 Å². The molecule has 2 atom stereocenters. The number of amides is 2. The first kappa shape index (κ1) is 25.2. The number of carboxylic acid groups (broad SMARTS) is 1. The van der Waals surface area contributed by atoms with E-state index < -0.39 is 41.2 Å². The van der Waals surface area contributed by atoms with Crippen molar-refractivity contribution in [3.05, 3.63) is 70.9 Å². The molecule has 10 nitrogen and oxygen atoms in total. The topological polar surface area (TPSA) is 134 Å². The zero-order chi connectivity index (χ0) is 27.0. The maximum absolute atomic E-state index is 14.4. The van der Waals surface area contributed by atoms with Crippen LogP contribution in [0.5, 0.6) is 0 Å². The monoisotopic (exact) mass is 523 g/mol. The van der Waals surface area contributed by atoms with E-state index in [4.69, 9.17) is 4.74 Å². The van der Waals surface area contributed by atoms with Gasteiger partial charge in [-0.3, -0.25) is 9.59 Å². The summed E-state index contributed by atoms with van der Waals surface area (Å²) in [6.07, 6.45) is -0.634. The number of carbonyl (C=O) groups excluding carboxylic acids is 2. The van der Waals surface area contributed by atoms with Gasteiger partial charge >= 0.3 is 5.97 Å². The third kappa shape index (κ3) is 4.77.